The average molecular weight is 317 g/mol. The molecule has 0 saturated carbocycles. The van der Waals surface area contributed by atoms with Crippen LogP contribution in [0.3, 0.4) is 0 Å². The molecule has 108 valence electrons. The van der Waals surface area contributed by atoms with Gasteiger partial charge < -0.3 is 10.5 Å². The number of fused-ring (bicyclic) bond motifs is 1. The first-order valence-corrected chi connectivity index (χ1v) is 8.45. The van der Waals surface area contributed by atoms with Crippen LogP contribution in [0.1, 0.15) is 6.42 Å². The van der Waals surface area contributed by atoms with Crippen molar-refractivity contribution in [2.24, 2.45) is 0 Å². The lowest BCUT2D eigenvalue weighted by atomic mass is 10.1. The van der Waals surface area contributed by atoms with E-state index in [1.807, 2.05) is 24.3 Å². The Morgan fingerprint density at radius 3 is 2.81 bits per heavy atom. The molecule has 3 rings (SSSR count). The van der Waals surface area contributed by atoms with Gasteiger partial charge in [-0.25, -0.2) is 0 Å². The van der Waals surface area contributed by atoms with Crippen LogP contribution in [0.15, 0.2) is 46.8 Å². The zero-order chi connectivity index (χ0) is 14.5. The monoisotopic (exact) mass is 317 g/mol. The lowest BCUT2D eigenvalue weighted by Crippen LogP contribution is -1.99. The molecule has 0 saturated heterocycles. The molecule has 0 unspecified atom stereocenters. The summed E-state index contributed by atoms with van der Waals surface area (Å²) in [5.41, 5.74) is 5.54. The number of nitrogen functional groups attached to an aromatic ring is 1. The van der Waals surface area contributed by atoms with E-state index in [0.29, 0.717) is 11.7 Å². The normalized spacial score (nSPS) is 10.9. The Hall–Kier alpha value is -1.79. The van der Waals surface area contributed by atoms with Gasteiger partial charge >= 0.3 is 0 Å². The Balaban J connectivity index is 1.50. The molecule has 0 radical (unpaired) electrons. The third-order valence-electron chi connectivity index (χ3n) is 2.94. The largest absolute Gasteiger partial charge is 0.493 e. The van der Waals surface area contributed by atoms with E-state index in [2.05, 4.69) is 28.4 Å². The zero-order valence-electron chi connectivity index (χ0n) is 11.4. The molecule has 1 aromatic heterocycles. The molecule has 0 aliphatic heterocycles. The highest BCUT2D eigenvalue weighted by molar-refractivity contribution is 8.01. The quantitative estimate of drug-likeness (QED) is 0.553. The molecule has 3 aromatic rings. The first kappa shape index (κ1) is 14.2. The molecule has 0 aliphatic rings. The van der Waals surface area contributed by atoms with E-state index in [1.54, 1.807) is 11.8 Å². The van der Waals surface area contributed by atoms with Crippen LogP contribution in [0.4, 0.5) is 5.13 Å². The number of anilines is 1. The molecule has 21 heavy (non-hydrogen) atoms. The summed E-state index contributed by atoms with van der Waals surface area (Å²) >= 11 is 3.09. The van der Waals surface area contributed by atoms with E-state index >= 15 is 0 Å². The fourth-order valence-electron chi connectivity index (χ4n) is 2.00. The molecular formula is C15H15N3OS2. The minimum atomic E-state index is 0.518. The molecule has 2 N–H and O–H groups in total. The number of rotatable bonds is 6. The highest BCUT2D eigenvalue weighted by Gasteiger charge is 2.03. The Morgan fingerprint density at radius 2 is 1.95 bits per heavy atom. The number of nitrogens with zero attached hydrogens (tertiary/aromatic N) is 2. The molecule has 0 atom stereocenters. The maximum Gasteiger partial charge on any atom is 0.203 e. The lowest BCUT2D eigenvalue weighted by Gasteiger charge is -2.08. The van der Waals surface area contributed by atoms with Gasteiger partial charge in [0.1, 0.15) is 5.75 Å². The van der Waals surface area contributed by atoms with Gasteiger partial charge in [-0.1, -0.05) is 59.5 Å². The summed E-state index contributed by atoms with van der Waals surface area (Å²) in [5.74, 6) is 1.89. The molecule has 4 nitrogen and oxygen atoms in total. The number of benzene rings is 2. The van der Waals surface area contributed by atoms with E-state index < -0.39 is 0 Å². The number of thioether (sulfide) groups is 1. The van der Waals surface area contributed by atoms with Gasteiger partial charge in [0, 0.05) is 11.1 Å². The summed E-state index contributed by atoms with van der Waals surface area (Å²) in [4.78, 5) is 0. The van der Waals surface area contributed by atoms with Gasteiger partial charge in [-0.3, -0.25) is 0 Å². The van der Waals surface area contributed by atoms with Gasteiger partial charge in [-0.2, -0.15) is 0 Å². The Kier molecular flexibility index (Phi) is 4.57. The van der Waals surface area contributed by atoms with Crippen molar-refractivity contribution in [2.45, 2.75) is 10.8 Å². The molecule has 0 fully saturated rings. The summed E-state index contributed by atoms with van der Waals surface area (Å²) in [7, 11) is 0. The van der Waals surface area contributed by atoms with Gasteiger partial charge in [0.05, 0.1) is 6.61 Å². The van der Waals surface area contributed by atoms with Crippen LogP contribution >= 0.6 is 23.1 Å². The van der Waals surface area contributed by atoms with E-state index in [1.165, 1.54) is 16.7 Å². The van der Waals surface area contributed by atoms with E-state index in [4.69, 9.17) is 10.5 Å². The Bertz CT molecular complexity index is 724. The summed E-state index contributed by atoms with van der Waals surface area (Å²) in [6, 6.07) is 14.4. The topological polar surface area (TPSA) is 61.0 Å². The molecule has 0 bridgehead atoms. The molecule has 2 aromatic carbocycles. The Morgan fingerprint density at radius 1 is 1.10 bits per heavy atom. The fourth-order valence-corrected chi connectivity index (χ4v) is 3.62. The molecule has 1 heterocycles. The molecule has 0 amide bonds. The second kappa shape index (κ2) is 6.78. The predicted octanol–water partition coefficient (Wildman–Crippen LogP) is 3.83. The summed E-state index contributed by atoms with van der Waals surface area (Å²) in [6.45, 7) is 0.690. The van der Waals surface area contributed by atoms with E-state index in [9.17, 15) is 0 Å². The molecule has 0 aliphatic carbocycles. The van der Waals surface area contributed by atoms with Crippen LogP contribution in [0.2, 0.25) is 0 Å². The van der Waals surface area contributed by atoms with E-state index in [-0.39, 0.29) is 0 Å². The summed E-state index contributed by atoms with van der Waals surface area (Å²) in [6.07, 6.45) is 0.952. The summed E-state index contributed by atoms with van der Waals surface area (Å²) < 4.78 is 6.81. The maximum atomic E-state index is 5.89. The number of ether oxygens (including phenoxy) is 1. The van der Waals surface area contributed by atoms with Crippen molar-refractivity contribution in [3.05, 3.63) is 42.5 Å². The molecule has 0 spiro atoms. The van der Waals surface area contributed by atoms with Crippen molar-refractivity contribution in [3.63, 3.8) is 0 Å². The molecular weight excluding hydrogens is 302 g/mol. The van der Waals surface area contributed by atoms with E-state index in [0.717, 1.165) is 27.6 Å². The zero-order valence-corrected chi connectivity index (χ0v) is 13.0. The maximum absolute atomic E-state index is 5.89. The van der Waals surface area contributed by atoms with Gasteiger partial charge in [0.25, 0.3) is 0 Å². The van der Waals surface area contributed by atoms with Crippen molar-refractivity contribution in [1.82, 2.24) is 10.2 Å². The van der Waals surface area contributed by atoms with Gasteiger partial charge in [-0.15, -0.1) is 10.2 Å². The average Bonchev–Trinajstić information content (AvgIpc) is 2.92. The van der Waals surface area contributed by atoms with Crippen LogP contribution in [-0.2, 0) is 0 Å². The SMILES string of the molecule is Nc1nnc(SCCCOc2cccc3ccccc23)s1. The van der Waals surface area contributed by atoms with Crippen molar-refractivity contribution in [2.75, 3.05) is 18.1 Å². The van der Waals surface area contributed by atoms with Crippen LogP contribution in [-0.4, -0.2) is 22.6 Å². The highest BCUT2D eigenvalue weighted by Crippen LogP contribution is 2.26. The van der Waals surface area contributed by atoms with Gasteiger partial charge in [0.2, 0.25) is 5.13 Å². The minimum Gasteiger partial charge on any atom is -0.493 e. The van der Waals surface area contributed by atoms with Crippen molar-refractivity contribution < 1.29 is 4.74 Å². The van der Waals surface area contributed by atoms with Crippen LogP contribution in [0.25, 0.3) is 10.8 Å². The van der Waals surface area contributed by atoms with Gasteiger partial charge in [0.15, 0.2) is 4.34 Å². The summed E-state index contributed by atoms with van der Waals surface area (Å²) in [5, 5.41) is 10.6. The molecule has 6 heteroatoms. The number of hydrogen-bond acceptors (Lipinski definition) is 6. The Labute approximate surface area is 131 Å². The first-order chi connectivity index (χ1) is 10.3. The van der Waals surface area contributed by atoms with Crippen LogP contribution < -0.4 is 10.5 Å². The second-order valence-corrected chi connectivity index (χ2v) is 6.79. The third-order valence-corrected chi connectivity index (χ3v) is 4.92. The van der Waals surface area contributed by atoms with Crippen LogP contribution in [0, 0.1) is 0 Å². The standard InChI is InChI=1S/C15H15N3OS2/c16-14-17-18-15(21-14)20-10-4-9-19-13-8-3-6-11-5-1-2-7-12(11)13/h1-3,5-8H,4,9-10H2,(H2,16,17). The van der Waals surface area contributed by atoms with Crippen molar-refractivity contribution >= 4 is 39.0 Å². The predicted molar refractivity (Wildman–Crippen MR) is 89.1 cm³/mol. The minimum absolute atomic E-state index is 0.518. The van der Waals surface area contributed by atoms with Crippen molar-refractivity contribution in [3.8, 4) is 5.75 Å². The van der Waals surface area contributed by atoms with Gasteiger partial charge in [-0.05, 0) is 17.9 Å². The number of hydrogen-bond donors (Lipinski definition) is 1. The lowest BCUT2D eigenvalue weighted by molar-refractivity contribution is 0.322. The van der Waals surface area contributed by atoms with Crippen LogP contribution in [0.5, 0.6) is 5.75 Å². The van der Waals surface area contributed by atoms with Crippen molar-refractivity contribution in [1.29, 1.82) is 0 Å². The number of aromatic nitrogens is 2. The third kappa shape index (κ3) is 3.65. The number of nitrogens with two attached hydrogens (primary N) is 1. The first-order valence-electron chi connectivity index (χ1n) is 6.65. The fraction of sp³-hybridized carbons (Fsp3) is 0.200. The highest BCUT2D eigenvalue weighted by atomic mass is 32.2. The smallest absolute Gasteiger partial charge is 0.203 e. The second-order valence-electron chi connectivity index (χ2n) is 4.43.